The van der Waals surface area contributed by atoms with E-state index in [0.717, 1.165) is 31.2 Å². The molecule has 1 heterocycles. The highest BCUT2D eigenvalue weighted by Crippen LogP contribution is 2.37. The molecule has 1 aliphatic carbocycles. The number of likely N-dealkylation sites (tertiary alicyclic amines) is 1. The van der Waals surface area contributed by atoms with Gasteiger partial charge in [0.2, 0.25) is 0 Å². The zero-order valence-corrected chi connectivity index (χ0v) is 12.9. The first-order valence-electron chi connectivity index (χ1n) is 8.34. The maximum atomic E-state index is 14.1. The molecule has 4 heteroatoms. The van der Waals surface area contributed by atoms with Crippen molar-refractivity contribution in [2.45, 2.75) is 44.9 Å². The number of nitrogens with zero attached hydrogens (tertiary/aromatic N) is 1. The average Bonchev–Trinajstić information content (AvgIpc) is 3.04. The first-order valence-corrected chi connectivity index (χ1v) is 8.34. The molecule has 2 fully saturated rings. The summed E-state index contributed by atoms with van der Waals surface area (Å²) in [6, 6.07) is 9.68. The number of amides is 1. The molecule has 0 bridgehead atoms. The first-order chi connectivity index (χ1) is 10.7. The summed E-state index contributed by atoms with van der Waals surface area (Å²) in [7, 11) is 0. The minimum atomic E-state index is -0.681. The Balaban J connectivity index is 1.48. The molecule has 1 amide bonds. The zero-order chi connectivity index (χ0) is 15.4. The van der Waals surface area contributed by atoms with Crippen LogP contribution >= 0.6 is 0 Å². The third kappa shape index (κ3) is 3.60. The van der Waals surface area contributed by atoms with Crippen LogP contribution in [0.25, 0.3) is 0 Å². The summed E-state index contributed by atoms with van der Waals surface area (Å²) in [5.41, 5.74) is 0.989. The van der Waals surface area contributed by atoms with Crippen molar-refractivity contribution in [2.75, 3.05) is 13.1 Å². The summed E-state index contributed by atoms with van der Waals surface area (Å²) in [6.45, 7) is 1.65. The Morgan fingerprint density at radius 2 is 1.95 bits per heavy atom. The van der Waals surface area contributed by atoms with E-state index in [1.165, 1.54) is 0 Å². The lowest BCUT2D eigenvalue weighted by Gasteiger charge is -2.30. The molecule has 1 aromatic rings. The van der Waals surface area contributed by atoms with Crippen LogP contribution in [0.15, 0.2) is 30.3 Å². The summed E-state index contributed by atoms with van der Waals surface area (Å²) in [5, 5.41) is 0. The van der Waals surface area contributed by atoms with Crippen LogP contribution < -0.4 is 0 Å². The Bertz CT molecular complexity index is 493. The molecule has 3 atom stereocenters. The maximum Gasteiger partial charge on any atom is 0.410 e. The van der Waals surface area contributed by atoms with Crippen molar-refractivity contribution in [3.05, 3.63) is 35.9 Å². The van der Waals surface area contributed by atoms with E-state index in [-0.39, 0.29) is 12.0 Å². The number of ether oxygens (including phenoxy) is 1. The fraction of sp³-hybridized carbons (Fsp3) is 0.611. The van der Waals surface area contributed by atoms with Gasteiger partial charge in [-0.25, -0.2) is 9.18 Å². The Morgan fingerprint density at radius 1 is 1.18 bits per heavy atom. The van der Waals surface area contributed by atoms with Gasteiger partial charge in [-0.3, -0.25) is 0 Å². The van der Waals surface area contributed by atoms with Gasteiger partial charge >= 0.3 is 6.09 Å². The molecule has 1 saturated carbocycles. The predicted molar refractivity (Wildman–Crippen MR) is 83.2 cm³/mol. The summed E-state index contributed by atoms with van der Waals surface area (Å²) in [4.78, 5) is 13.9. The fourth-order valence-electron chi connectivity index (χ4n) is 3.76. The van der Waals surface area contributed by atoms with E-state index in [9.17, 15) is 9.18 Å². The maximum absolute atomic E-state index is 14.1. The quantitative estimate of drug-likeness (QED) is 0.838. The lowest BCUT2D eigenvalue weighted by Crippen LogP contribution is -2.33. The molecular formula is C18H24FNO2. The molecule has 0 aromatic heterocycles. The molecule has 1 aromatic carbocycles. The predicted octanol–water partition coefficient (Wildman–Crippen LogP) is 4.17. The molecule has 3 unspecified atom stereocenters. The van der Waals surface area contributed by atoms with Crippen molar-refractivity contribution >= 4 is 6.09 Å². The van der Waals surface area contributed by atoms with E-state index in [1.807, 2.05) is 30.3 Å². The van der Waals surface area contributed by atoms with Gasteiger partial charge in [0.25, 0.3) is 0 Å². The standard InChI is InChI=1S/C18H24FNO2/c19-17-9-5-4-8-16(17)15-10-11-20(12-15)18(21)22-13-14-6-2-1-3-7-14/h1-3,6-7,15-17H,4-5,8-13H2. The van der Waals surface area contributed by atoms with Crippen LogP contribution in [0, 0.1) is 11.8 Å². The third-order valence-electron chi connectivity index (χ3n) is 5.03. The molecule has 120 valence electrons. The number of hydrogen-bond donors (Lipinski definition) is 0. The van der Waals surface area contributed by atoms with Crippen molar-refractivity contribution in [3.63, 3.8) is 0 Å². The molecule has 0 spiro atoms. The second-order valence-corrected chi connectivity index (χ2v) is 6.50. The number of hydrogen-bond acceptors (Lipinski definition) is 2. The molecule has 2 aliphatic rings. The van der Waals surface area contributed by atoms with Crippen molar-refractivity contribution in [1.29, 1.82) is 0 Å². The first kappa shape index (κ1) is 15.3. The van der Waals surface area contributed by atoms with E-state index in [4.69, 9.17) is 4.74 Å². The molecule has 22 heavy (non-hydrogen) atoms. The zero-order valence-electron chi connectivity index (χ0n) is 12.9. The second kappa shape index (κ2) is 7.12. The van der Waals surface area contributed by atoms with Crippen molar-refractivity contribution in [1.82, 2.24) is 4.90 Å². The number of carbonyl (C=O) groups excluding carboxylic acids is 1. The van der Waals surface area contributed by atoms with Crippen LogP contribution in [-0.4, -0.2) is 30.3 Å². The lowest BCUT2D eigenvalue weighted by atomic mass is 9.78. The van der Waals surface area contributed by atoms with E-state index in [2.05, 4.69) is 0 Å². The van der Waals surface area contributed by atoms with Gasteiger partial charge in [-0.1, -0.05) is 43.2 Å². The number of rotatable bonds is 3. The molecule has 0 radical (unpaired) electrons. The molecule has 1 aliphatic heterocycles. The topological polar surface area (TPSA) is 29.5 Å². The Hall–Kier alpha value is -1.58. The van der Waals surface area contributed by atoms with Crippen molar-refractivity contribution in [2.24, 2.45) is 11.8 Å². The second-order valence-electron chi connectivity index (χ2n) is 6.50. The van der Waals surface area contributed by atoms with Crippen LogP contribution in [0.2, 0.25) is 0 Å². The van der Waals surface area contributed by atoms with Gasteiger partial charge in [0.05, 0.1) is 0 Å². The van der Waals surface area contributed by atoms with E-state index in [1.54, 1.807) is 4.90 Å². The van der Waals surface area contributed by atoms with Crippen LogP contribution in [-0.2, 0) is 11.3 Å². The Morgan fingerprint density at radius 3 is 2.73 bits per heavy atom. The number of carbonyl (C=O) groups is 1. The summed E-state index contributed by atoms with van der Waals surface area (Å²) in [6.07, 6.45) is 3.76. The summed E-state index contributed by atoms with van der Waals surface area (Å²) in [5.74, 6) is 0.445. The third-order valence-corrected chi connectivity index (χ3v) is 5.03. The van der Waals surface area contributed by atoms with Gasteiger partial charge in [0, 0.05) is 13.1 Å². The van der Waals surface area contributed by atoms with E-state index < -0.39 is 6.17 Å². The van der Waals surface area contributed by atoms with Gasteiger partial charge < -0.3 is 9.64 Å². The summed E-state index contributed by atoms with van der Waals surface area (Å²) >= 11 is 0. The molecule has 3 rings (SSSR count). The Labute approximate surface area is 131 Å². The van der Waals surface area contributed by atoms with Crippen LogP contribution in [0.3, 0.4) is 0 Å². The van der Waals surface area contributed by atoms with E-state index in [0.29, 0.717) is 32.0 Å². The van der Waals surface area contributed by atoms with Gasteiger partial charge in [-0.05, 0) is 36.7 Å². The highest BCUT2D eigenvalue weighted by Gasteiger charge is 2.37. The number of benzene rings is 1. The van der Waals surface area contributed by atoms with Crippen LogP contribution in [0.1, 0.15) is 37.7 Å². The van der Waals surface area contributed by atoms with E-state index >= 15 is 0 Å². The normalized spacial score (nSPS) is 28.6. The highest BCUT2D eigenvalue weighted by molar-refractivity contribution is 5.68. The van der Waals surface area contributed by atoms with Gasteiger partial charge in [-0.15, -0.1) is 0 Å². The molecule has 3 nitrogen and oxygen atoms in total. The number of alkyl halides is 1. The molecule has 0 N–H and O–H groups in total. The van der Waals surface area contributed by atoms with Gasteiger partial charge in [0.15, 0.2) is 0 Å². The minimum Gasteiger partial charge on any atom is -0.445 e. The number of halogens is 1. The molecule has 1 saturated heterocycles. The minimum absolute atomic E-state index is 0.140. The van der Waals surface area contributed by atoms with Crippen molar-refractivity contribution in [3.8, 4) is 0 Å². The largest absolute Gasteiger partial charge is 0.445 e. The van der Waals surface area contributed by atoms with Gasteiger partial charge in [0.1, 0.15) is 12.8 Å². The monoisotopic (exact) mass is 305 g/mol. The summed E-state index contributed by atoms with van der Waals surface area (Å²) < 4.78 is 19.4. The van der Waals surface area contributed by atoms with Crippen LogP contribution in [0.5, 0.6) is 0 Å². The fourth-order valence-corrected chi connectivity index (χ4v) is 3.76. The van der Waals surface area contributed by atoms with Gasteiger partial charge in [-0.2, -0.15) is 0 Å². The van der Waals surface area contributed by atoms with Crippen LogP contribution in [0.4, 0.5) is 9.18 Å². The molecular weight excluding hydrogens is 281 g/mol. The highest BCUT2D eigenvalue weighted by atomic mass is 19.1. The Kier molecular flexibility index (Phi) is 4.96. The SMILES string of the molecule is O=C(OCc1ccccc1)N1CCC(C2CCCCC2F)C1. The average molecular weight is 305 g/mol. The smallest absolute Gasteiger partial charge is 0.410 e. The van der Waals surface area contributed by atoms with Crippen molar-refractivity contribution < 1.29 is 13.9 Å². The lowest BCUT2D eigenvalue weighted by molar-refractivity contribution is 0.0918.